The molecule has 25 heavy (non-hydrogen) atoms. The molecule has 0 spiro atoms. The first-order valence-corrected chi connectivity index (χ1v) is 8.29. The summed E-state index contributed by atoms with van der Waals surface area (Å²) in [5, 5.41) is 7.75. The molecule has 1 heterocycles. The molecule has 0 amide bonds. The number of aromatic nitrogens is 3. The number of hydrogen-bond donors (Lipinski definition) is 2. The van der Waals surface area contributed by atoms with Gasteiger partial charge in [0.2, 0.25) is 4.77 Å². The second-order valence-electron chi connectivity index (χ2n) is 5.18. The number of methoxy groups -OCH3 is 2. The van der Waals surface area contributed by atoms with Crippen molar-refractivity contribution in [1.82, 2.24) is 14.9 Å². The van der Waals surface area contributed by atoms with Crippen molar-refractivity contribution in [2.45, 2.75) is 6.54 Å². The minimum Gasteiger partial charge on any atom is -0.496 e. The van der Waals surface area contributed by atoms with E-state index in [1.165, 1.54) is 0 Å². The van der Waals surface area contributed by atoms with Gasteiger partial charge < -0.3 is 14.9 Å². The maximum Gasteiger partial charge on any atom is 0.214 e. The van der Waals surface area contributed by atoms with E-state index in [-0.39, 0.29) is 0 Å². The highest BCUT2D eigenvalue weighted by molar-refractivity contribution is 7.71. The Kier molecular flexibility index (Phi) is 5.25. The third-order valence-corrected chi connectivity index (χ3v) is 4.20. The van der Waals surface area contributed by atoms with Crippen molar-refractivity contribution in [2.75, 3.05) is 19.6 Å². The summed E-state index contributed by atoms with van der Waals surface area (Å²) >= 11 is 11.4. The average Bonchev–Trinajstić information content (AvgIpc) is 3.00. The topological polar surface area (TPSA) is 64.1 Å². The molecule has 0 aliphatic carbocycles. The molecule has 0 unspecified atom stereocenters. The van der Waals surface area contributed by atoms with E-state index in [0.717, 1.165) is 16.9 Å². The highest BCUT2D eigenvalue weighted by Crippen LogP contribution is 2.28. The van der Waals surface area contributed by atoms with E-state index >= 15 is 0 Å². The maximum absolute atomic E-state index is 6.09. The van der Waals surface area contributed by atoms with Gasteiger partial charge in [-0.2, -0.15) is 5.10 Å². The van der Waals surface area contributed by atoms with Gasteiger partial charge in [-0.25, -0.2) is 9.77 Å². The fraction of sp³-hybridized carbons (Fsp3) is 0.176. The van der Waals surface area contributed by atoms with Crippen LogP contribution in [0.5, 0.6) is 11.5 Å². The molecular formula is C17H17ClN4O2S. The normalized spacial score (nSPS) is 10.5. The van der Waals surface area contributed by atoms with Crippen molar-refractivity contribution in [2.24, 2.45) is 0 Å². The third kappa shape index (κ3) is 3.62. The van der Waals surface area contributed by atoms with Crippen molar-refractivity contribution >= 4 is 23.8 Å². The minimum absolute atomic E-state index is 0.446. The van der Waals surface area contributed by atoms with Crippen molar-refractivity contribution in [3.63, 3.8) is 0 Å². The van der Waals surface area contributed by atoms with E-state index in [0.29, 0.717) is 27.9 Å². The number of benzene rings is 2. The first-order chi connectivity index (χ1) is 12.1. The summed E-state index contributed by atoms with van der Waals surface area (Å²) in [5.74, 6) is 2.08. The van der Waals surface area contributed by atoms with Crippen molar-refractivity contribution < 1.29 is 9.47 Å². The quantitative estimate of drug-likeness (QED) is 0.636. The molecule has 0 fully saturated rings. The Morgan fingerprint density at radius 1 is 1.16 bits per heavy atom. The molecule has 1 aromatic heterocycles. The number of rotatable bonds is 6. The van der Waals surface area contributed by atoms with Gasteiger partial charge in [0.15, 0.2) is 5.82 Å². The van der Waals surface area contributed by atoms with Crippen LogP contribution in [0.25, 0.3) is 11.4 Å². The SMILES string of the molecule is COc1ccc(Cl)cc1CNn1c(-c2ccccc2OC)n[nH]c1=S. The Hall–Kier alpha value is -2.51. The van der Waals surface area contributed by atoms with Crippen molar-refractivity contribution in [3.8, 4) is 22.9 Å². The molecule has 3 rings (SSSR count). The number of nitrogens with zero attached hydrogens (tertiary/aromatic N) is 2. The average molecular weight is 377 g/mol. The Bertz CT molecular complexity index is 938. The van der Waals surface area contributed by atoms with Gasteiger partial charge in [0, 0.05) is 10.6 Å². The van der Waals surface area contributed by atoms with Gasteiger partial charge in [-0.3, -0.25) is 0 Å². The molecule has 0 saturated carbocycles. The zero-order chi connectivity index (χ0) is 17.8. The summed E-state index contributed by atoms with van der Waals surface area (Å²) < 4.78 is 12.9. The van der Waals surface area contributed by atoms with Crippen molar-refractivity contribution in [1.29, 1.82) is 0 Å². The second-order valence-corrected chi connectivity index (χ2v) is 6.00. The Morgan fingerprint density at radius 3 is 2.68 bits per heavy atom. The van der Waals surface area contributed by atoms with Gasteiger partial charge >= 0.3 is 0 Å². The molecule has 130 valence electrons. The summed E-state index contributed by atoms with van der Waals surface area (Å²) in [7, 11) is 3.24. The number of nitrogens with one attached hydrogen (secondary N) is 2. The van der Waals surface area contributed by atoms with Crippen LogP contribution < -0.4 is 14.9 Å². The van der Waals surface area contributed by atoms with Gasteiger partial charge in [-0.15, -0.1) is 0 Å². The minimum atomic E-state index is 0.446. The largest absolute Gasteiger partial charge is 0.496 e. The number of halogens is 1. The van der Waals surface area contributed by atoms with E-state index in [2.05, 4.69) is 15.6 Å². The highest BCUT2D eigenvalue weighted by atomic mass is 35.5. The van der Waals surface area contributed by atoms with Crippen LogP contribution in [0.3, 0.4) is 0 Å². The maximum atomic E-state index is 6.09. The van der Waals surface area contributed by atoms with E-state index in [1.54, 1.807) is 25.0 Å². The monoisotopic (exact) mass is 376 g/mol. The van der Waals surface area contributed by atoms with E-state index in [1.807, 2.05) is 36.4 Å². The van der Waals surface area contributed by atoms with Crippen LogP contribution in [0.2, 0.25) is 5.02 Å². The van der Waals surface area contributed by atoms with Crippen LogP contribution in [-0.2, 0) is 6.54 Å². The zero-order valence-corrected chi connectivity index (χ0v) is 15.3. The number of para-hydroxylation sites is 1. The van der Waals surface area contributed by atoms with Crippen LogP contribution in [0.4, 0.5) is 0 Å². The molecule has 8 heteroatoms. The van der Waals surface area contributed by atoms with Crippen LogP contribution in [0.1, 0.15) is 5.56 Å². The van der Waals surface area contributed by atoms with E-state index < -0.39 is 0 Å². The fourth-order valence-electron chi connectivity index (χ4n) is 2.50. The standard InChI is InChI=1S/C17H17ClN4O2S/c1-23-14-8-7-12(18)9-11(14)10-19-22-16(20-21-17(22)25)13-5-3-4-6-15(13)24-2/h3-9,19H,10H2,1-2H3,(H,21,25). The molecule has 0 aliphatic heterocycles. The third-order valence-electron chi connectivity index (χ3n) is 3.69. The molecule has 0 aliphatic rings. The zero-order valence-electron chi connectivity index (χ0n) is 13.7. The van der Waals surface area contributed by atoms with Crippen LogP contribution in [0.15, 0.2) is 42.5 Å². The predicted octanol–water partition coefficient (Wildman–Crippen LogP) is 4.02. The molecule has 0 atom stereocenters. The van der Waals surface area contributed by atoms with Crippen LogP contribution in [0, 0.1) is 4.77 Å². The Balaban J connectivity index is 1.94. The summed E-state index contributed by atoms with van der Waals surface area (Å²) in [6, 6.07) is 13.1. The highest BCUT2D eigenvalue weighted by Gasteiger charge is 2.14. The van der Waals surface area contributed by atoms with Gasteiger partial charge in [-0.05, 0) is 42.5 Å². The molecule has 0 bridgehead atoms. The molecule has 3 aromatic rings. The number of hydrogen-bond acceptors (Lipinski definition) is 5. The number of ether oxygens (including phenoxy) is 2. The smallest absolute Gasteiger partial charge is 0.214 e. The van der Waals surface area contributed by atoms with E-state index in [9.17, 15) is 0 Å². The number of aromatic amines is 1. The first kappa shape index (κ1) is 17.3. The fourth-order valence-corrected chi connectivity index (χ4v) is 2.89. The summed E-state index contributed by atoms with van der Waals surface area (Å²) in [4.78, 5) is 0. The molecular weight excluding hydrogens is 360 g/mol. The van der Waals surface area contributed by atoms with Gasteiger partial charge in [-0.1, -0.05) is 23.7 Å². The van der Waals surface area contributed by atoms with Crippen LogP contribution >= 0.6 is 23.8 Å². The molecule has 0 radical (unpaired) electrons. The van der Waals surface area contributed by atoms with E-state index in [4.69, 9.17) is 33.3 Å². The first-order valence-electron chi connectivity index (χ1n) is 7.51. The molecule has 6 nitrogen and oxygen atoms in total. The van der Waals surface area contributed by atoms with Crippen molar-refractivity contribution in [3.05, 3.63) is 57.8 Å². The lowest BCUT2D eigenvalue weighted by molar-refractivity contribution is 0.409. The number of H-pyrrole nitrogens is 1. The van der Waals surface area contributed by atoms with Gasteiger partial charge in [0.1, 0.15) is 11.5 Å². The lowest BCUT2D eigenvalue weighted by Crippen LogP contribution is -2.16. The summed E-state index contributed by atoms with van der Waals surface area (Å²) in [5.41, 5.74) is 4.98. The molecule has 0 saturated heterocycles. The van der Waals surface area contributed by atoms with Gasteiger partial charge in [0.25, 0.3) is 0 Å². The molecule has 2 N–H and O–H groups in total. The molecule has 2 aromatic carbocycles. The van der Waals surface area contributed by atoms with Gasteiger partial charge in [0.05, 0.1) is 26.3 Å². The summed E-state index contributed by atoms with van der Waals surface area (Å²) in [6.07, 6.45) is 0. The Labute approximate surface area is 155 Å². The lowest BCUT2D eigenvalue weighted by Gasteiger charge is -2.14. The predicted molar refractivity (Wildman–Crippen MR) is 100 cm³/mol. The Morgan fingerprint density at radius 2 is 1.92 bits per heavy atom. The lowest BCUT2D eigenvalue weighted by atomic mass is 10.2. The summed E-state index contributed by atoms with van der Waals surface area (Å²) in [6.45, 7) is 0.458. The second kappa shape index (κ2) is 7.58. The van der Waals surface area contributed by atoms with Crippen LogP contribution in [-0.4, -0.2) is 29.1 Å².